The van der Waals surface area contributed by atoms with E-state index in [9.17, 15) is 9.59 Å². The summed E-state index contributed by atoms with van der Waals surface area (Å²) in [4.78, 5) is 27.3. The lowest BCUT2D eigenvalue weighted by molar-refractivity contribution is -0.125. The molecule has 2 amide bonds. The van der Waals surface area contributed by atoms with Crippen molar-refractivity contribution in [2.75, 3.05) is 30.8 Å². The van der Waals surface area contributed by atoms with E-state index in [-0.39, 0.29) is 23.8 Å². The van der Waals surface area contributed by atoms with Crippen molar-refractivity contribution in [1.82, 2.24) is 4.90 Å². The molecule has 1 aliphatic heterocycles. The van der Waals surface area contributed by atoms with Crippen LogP contribution in [0.15, 0.2) is 54.6 Å². The van der Waals surface area contributed by atoms with Gasteiger partial charge in [0.25, 0.3) is 0 Å². The first-order valence-electron chi connectivity index (χ1n) is 9.61. The minimum atomic E-state index is -0.311. The molecule has 2 N–H and O–H groups in total. The van der Waals surface area contributed by atoms with E-state index in [2.05, 4.69) is 15.5 Å². The van der Waals surface area contributed by atoms with Crippen LogP contribution in [0.3, 0.4) is 0 Å². The van der Waals surface area contributed by atoms with Crippen LogP contribution in [0.5, 0.6) is 5.75 Å². The van der Waals surface area contributed by atoms with Gasteiger partial charge in [-0.15, -0.1) is 0 Å². The lowest BCUT2D eigenvalue weighted by atomic mass is 9.95. The second-order valence-electron chi connectivity index (χ2n) is 7.08. The first-order chi connectivity index (χ1) is 13.6. The van der Waals surface area contributed by atoms with E-state index in [4.69, 9.17) is 4.74 Å². The van der Waals surface area contributed by atoms with Crippen molar-refractivity contribution in [3.05, 3.63) is 54.6 Å². The highest BCUT2D eigenvalue weighted by molar-refractivity contribution is 5.95. The van der Waals surface area contributed by atoms with E-state index < -0.39 is 0 Å². The summed E-state index contributed by atoms with van der Waals surface area (Å²) in [6.45, 7) is 3.28. The number of anilines is 2. The van der Waals surface area contributed by atoms with Crippen LogP contribution in [0.4, 0.5) is 11.4 Å². The SMILES string of the molecule is COc1ccc(NC(=O)C(C)N2CCCC(C(=O)Nc3ccccc3)C2)cc1. The number of nitrogens with zero attached hydrogens (tertiary/aromatic N) is 1. The lowest BCUT2D eigenvalue weighted by Crippen LogP contribution is -2.49. The summed E-state index contributed by atoms with van der Waals surface area (Å²) >= 11 is 0. The van der Waals surface area contributed by atoms with Gasteiger partial charge in [0.1, 0.15) is 5.75 Å². The number of carbonyl (C=O) groups is 2. The summed E-state index contributed by atoms with van der Waals surface area (Å²) < 4.78 is 5.13. The fourth-order valence-electron chi connectivity index (χ4n) is 3.42. The summed E-state index contributed by atoms with van der Waals surface area (Å²) in [5, 5.41) is 5.91. The highest BCUT2D eigenvalue weighted by atomic mass is 16.5. The molecular weight excluding hydrogens is 354 g/mol. The van der Waals surface area contributed by atoms with Gasteiger partial charge in [-0.25, -0.2) is 0 Å². The number of ether oxygens (including phenoxy) is 1. The quantitative estimate of drug-likeness (QED) is 0.805. The van der Waals surface area contributed by atoms with Crippen molar-refractivity contribution in [3.8, 4) is 5.75 Å². The number of methoxy groups -OCH3 is 1. The molecule has 3 rings (SSSR count). The highest BCUT2D eigenvalue weighted by Crippen LogP contribution is 2.22. The smallest absolute Gasteiger partial charge is 0.241 e. The Balaban J connectivity index is 1.56. The zero-order chi connectivity index (χ0) is 19.9. The molecule has 2 unspecified atom stereocenters. The van der Waals surface area contributed by atoms with E-state index in [0.717, 1.165) is 36.5 Å². The van der Waals surface area contributed by atoms with E-state index in [1.807, 2.05) is 61.5 Å². The molecule has 1 heterocycles. The number of hydrogen-bond acceptors (Lipinski definition) is 4. The minimum Gasteiger partial charge on any atom is -0.497 e. The van der Waals surface area contributed by atoms with Crippen LogP contribution < -0.4 is 15.4 Å². The van der Waals surface area contributed by atoms with Crippen molar-refractivity contribution in [1.29, 1.82) is 0 Å². The maximum atomic E-state index is 12.6. The van der Waals surface area contributed by atoms with Crippen LogP contribution in [0, 0.1) is 5.92 Å². The van der Waals surface area contributed by atoms with Gasteiger partial charge in [0, 0.05) is 17.9 Å². The zero-order valence-corrected chi connectivity index (χ0v) is 16.4. The van der Waals surface area contributed by atoms with Gasteiger partial charge in [0.2, 0.25) is 11.8 Å². The minimum absolute atomic E-state index is 0.0127. The van der Waals surface area contributed by atoms with Gasteiger partial charge in [-0.05, 0) is 62.7 Å². The summed E-state index contributed by atoms with van der Waals surface area (Å²) in [5.74, 6) is 0.562. The summed E-state index contributed by atoms with van der Waals surface area (Å²) in [7, 11) is 1.61. The molecule has 0 radical (unpaired) electrons. The molecule has 0 saturated carbocycles. The Hall–Kier alpha value is -2.86. The van der Waals surface area contributed by atoms with Crippen molar-refractivity contribution in [2.45, 2.75) is 25.8 Å². The van der Waals surface area contributed by atoms with Crippen LogP contribution in [-0.2, 0) is 9.59 Å². The molecule has 1 saturated heterocycles. The Morgan fingerprint density at radius 2 is 1.71 bits per heavy atom. The molecule has 2 atom stereocenters. The number of piperidine rings is 1. The van der Waals surface area contributed by atoms with Crippen molar-refractivity contribution < 1.29 is 14.3 Å². The van der Waals surface area contributed by atoms with E-state index in [1.54, 1.807) is 7.11 Å². The molecule has 148 valence electrons. The van der Waals surface area contributed by atoms with Crippen LogP contribution in [0.25, 0.3) is 0 Å². The molecule has 2 aromatic rings. The van der Waals surface area contributed by atoms with Crippen LogP contribution in [-0.4, -0.2) is 43.0 Å². The summed E-state index contributed by atoms with van der Waals surface area (Å²) in [6.07, 6.45) is 1.73. The average Bonchev–Trinajstić information content (AvgIpc) is 2.74. The Kier molecular flexibility index (Phi) is 6.66. The van der Waals surface area contributed by atoms with Gasteiger partial charge in [0.05, 0.1) is 19.1 Å². The van der Waals surface area contributed by atoms with E-state index in [1.165, 1.54) is 0 Å². The number of hydrogen-bond donors (Lipinski definition) is 2. The predicted molar refractivity (Wildman–Crippen MR) is 110 cm³/mol. The Morgan fingerprint density at radius 1 is 1.04 bits per heavy atom. The number of amides is 2. The van der Waals surface area contributed by atoms with Crippen LogP contribution >= 0.6 is 0 Å². The topological polar surface area (TPSA) is 70.7 Å². The number of nitrogens with one attached hydrogen (secondary N) is 2. The third kappa shape index (κ3) is 5.10. The van der Waals surface area contributed by atoms with Gasteiger partial charge in [0.15, 0.2) is 0 Å². The van der Waals surface area contributed by atoms with E-state index >= 15 is 0 Å². The van der Waals surface area contributed by atoms with Gasteiger partial charge in [-0.1, -0.05) is 18.2 Å². The standard InChI is InChI=1S/C22H27N3O3/c1-16(21(26)23-19-10-12-20(28-2)13-11-19)25-14-6-7-17(15-25)22(27)24-18-8-4-3-5-9-18/h3-5,8-13,16-17H,6-7,14-15H2,1-2H3,(H,23,26)(H,24,27). The van der Waals surface area contributed by atoms with Gasteiger partial charge < -0.3 is 15.4 Å². The second-order valence-corrected chi connectivity index (χ2v) is 7.08. The largest absolute Gasteiger partial charge is 0.497 e. The number of para-hydroxylation sites is 1. The molecule has 1 fully saturated rings. The van der Waals surface area contributed by atoms with Gasteiger partial charge >= 0.3 is 0 Å². The Bertz CT molecular complexity index is 792. The summed E-state index contributed by atoms with van der Waals surface area (Å²) in [5.41, 5.74) is 1.53. The molecule has 0 aliphatic carbocycles. The first-order valence-corrected chi connectivity index (χ1v) is 9.61. The molecule has 1 aliphatic rings. The molecular formula is C22H27N3O3. The van der Waals surface area contributed by atoms with Crippen molar-refractivity contribution in [2.24, 2.45) is 5.92 Å². The maximum Gasteiger partial charge on any atom is 0.241 e. The average molecular weight is 381 g/mol. The first kappa shape index (κ1) is 19.9. The number of rotatable bonds is 6. The van der Waals surface area contributed by atoms with E-state index in [0.29, 0.717) is 6.54 Å². The molecule has 6 heteroatoms. The van der Waals surface area contributed by atoms with Gasteiger partial charge in [-0.2, -0.15) is 0 Å². The highest BCUT2D eigenvalue weighted by Gasteiger charge is 2.30. The van der Waals surface area contributed by atoms with Crippen LogP contribution in [0.1, 0.15) is 19.8 Å². The molecule has 6 nitrogen and oxygen atoms in total. The number of carbonyl (C=O) groups excluding carboxylic acids is 2. The molecule has 0 bridgehead atoms. The lowest BCUT2D eigenvalue weighted by Gasteiger charge is -2.35. The molecule has 0 spiro atoms. The predicted octanol–water partition coefficient (Wildman–Crippen LogP) is 3.37. The second kappa shape index (κ2) is 9.37. The number of likely N-dealkylation sites (tertiary alicyclic amines) is 1. The fraction of sp³-hybridized carbons (Fsp3) is 0.364. The third-order valence-electron chi connectivity index (χ3n) is 5.15. The Morgan fingerprint density at radius 3 is 2.39 bits per heavy atom. The van der Waals surface area contributed by atoms with Crippen molar-refractivity contribution >= 4 is 23.2 Å². The molecule has 0 aromatic heterocycles. The molecule has 2 aromatic carbocycles. The number of benzene rings is 2. The van der Waals surface area contributed by atoms with Gasteiger partial charge in [-0.3, -0.25) is 14.5 Å². The van der Waals surface area contributed by atoms with Crippen LogP contribution in [0.2, 0.25) is 0 Å². The van der Waals surface area contributed by atoms with Crippen molar-refractivity contribution in [3.63, 3.8) is 0 Å². The summed E-state index contributed by atoms with van der Waals surface area (Å²) in [6, 6.07) is 16.4. The zero-order valence-electron chi connectivity index (χ0n) is 16.4. The third-order valence-corrected chi connectivity index (χ3v) is 5.15. The Labute approximate surface area is 165 Å². The monoisotopic (exact) mass is 381 g/mol. The normalized spacial score (nSPS) is 18.1. The fourth-order valence-corrected chi connectivity index (χ4v) is 3.42. The maximum absolute atomic E-state index is 12.6. The molecule has 28 heavy (non-hydrogen) atoms.